The van der Waals surface area contributed by atoms with E-state index in [0.717, 1.165) is 6.07 Å². The molecule has 116 valence electrons. The lowest BCUT2D eigenvalue weighted by Crippen LogP contribution is -2.30. The summed E-state index contributed by atoms with van der Waals surface area (Å²) in [5.41, 5.74) is 0.556. The molecule has 0 saturated heterocycles. The molecule has 1 atom stereocenters. The minimum absolute atomic E-state index is 0.237. The van der Waals surface area contributed by atoms with Gasteiger partial charge in [-0.2, -0.15) is 5.26 Å². The Morgan fingerprint density at radius 3 is 2.65 bits per heavy atom. The van der Waals surface area contributed by atoms with Crippen LogP contribution >= 0.6 is 0 Å². The molecule has 0 aliphatic heterocycles. The highest BCUT2D eigenvalue weighted by atomic mass is 19.1. The van der Waals surface area contributed by atoms with Crippen molar-refractivity contribution in [3.05, 3.63) is 65.5 Å². The zero-order chi connectivity index (χ0) is 16.8. The van der Waals surface area contributed by atoms with Crippen LogP contribution < -0.4 is 5.32 Å². The molecule has 0 spiro atoms. The van der Waals surface area contributed by atoms with Gasteiger partial charge >= 0.3 is 5.97 Å². The van der Waals surface area contributed by atoms with Gasteiger partial charge in [-0.15, -0.1) is 0 Å². The molecular formula is C17H13FN2O3. The second-order valence-corrected chi connectivity index (χ2v) is 4.71. The van der Waals surface area contributed by atoms with Crippen LogP contribution in [0.4, 0.5) is 10.1 Å². The maximum absolute atomic E-state index is 13.5. The van der Waals surface area contributed by atoms with E-state index in [1.807, 2.05) is 6.07 Å². The van der Waals surface area contributed by atoms with Gasteiger partial charge in [0.2, 0.25) is 0 Å². The minimum Gasteiger partial charge on any atom is -0.449 e. The second-order valence-electron chi connectivity index (χ2n) is 4.71. The summed E-state index contributed by atoms with van der Waals surface area (Å²) in [7, 11) is 0. The fourth-order valence-corrected chi connectivity index (χ4v) is 1.81. The lowest BCUT2D eigenvalue weighted by atomic mass is 10.2. The van der Waals surface area contributed by atoms with Crippen LogP contribution in [0.3, 0.4) is 0 Å². The molecule has 1 amide bonds. The number of nitriles is 1. The third-order valence-corrected chi connectivity index (χ3v) is 3.01. The topological polar surface area (TPSA) is 79.2 Å². The van der Waals surface area contributed by atoms with E-state index in [2.05, 4.69) is 5.32 Å². The fourth-order valence-electron chi connectivity index (χ4n) is 1.81. The molecule has 0 fully saturated rings. The molecule has 6 heteroatoms. The number of halogens is 1. The lowest BCUT2D eigenvalue weighted by molar-refractivity contribution is -0.123. The average Bonchev–Trinajstić information content (AvgIpc) is 2.55. The molecule has 0 heterocycles. The molecule has 0 bridgehead atoms. The molecule has 0 aromatic heterocycles. The van der Waals surface area contributed by atoms with Crippen molar-refractivity contribution in [3.63, 3.8) is 0 Å². The first-order chi connectivity index (χ1) is 11.0. The number of rotatable bonds is 4. The number of nitrogens with one attached hydrogen (secondary N) is 1. The Labute approximate surface area is 132 Å². The maximum Gasteiger partial charge on any atom is 0.341 e. The van der Waals surface area contributed by atoms with Crippen molar-refractivity contribution >= 4 is 17.6 Å². The summed E-state index contributed by atoms with van der Waals surface area (Å²) in [6.45, 7) is 1.38. The molecule has 2 rings (SSSR count). The van der Waals surface area contributed by atoms with E-state index in [1.54, 1.807) is 18.2 Å². The number of anilines is 1. The van der Waals surface area contributed by atoms with Gasteiger partial charge in [0.1, 0.15) is 5.82 Å². The molecule has 1 N–H and O–H groups in total. The zero-order valence-corrected chi connectivity index (χ0v) is 12.2. The van der Waals surface area contributed by atoms with Crippen LogP contribution in [-0.2, 0) is 9.53 Å². The Kier molecular flexibility index (Phi) is 5.05. The van der Waals surface area contributed by atoms with E-state index >= 15 is 0 Å². The first-order valence-corrected chi connectivity index (χ1v) is 6.78. The molecule has 0 unspecified atom stereocenters. The third-order valence-electron chi connectivity index (χ3n) is 3.01. The van der Waals surface area contributed by atoms with Gasteiger partial charge in [-0.25, -0.2) is 9.18 Å². The Balaban J connectivity index is 2.01. The maximum atomic E-state index is 13.5. The minimum atomic E-state index is -1.12. The van der Waals surface area contributed by atoms with E-state index in [0.29, 0.717) is 11.3 Å². The molecule has 2 aromatic rings. The number of benzene rings is 2. The first kappa shape index (κ1) is 16.2. The fraction of sp³-hybridized carbons (Fsp3) is 0.118. The number of carbonyl (C=O) groups excluding carboxylic acids is 2. The molecular weight excluding hydrogens is 299 g/mol. The highest BCUT2D eigenvalue weighted by Crippen LogP contribution is 2.12. The largest absolute Gasteiger partial charge is 0.449 e. The smallest absolute Gasteiger partial charge is 0.341 e. The van der Waals surface area contributed by atoms with E-state index in [1.165, 1.54) is 31.2 Å². The van der Waals surface area contributed by atoms with Crippen molar-refractivity contribution in [2.45, 2.75) is 13.0 Å². The molecule has 0 aliphatic carbocycles. The first-order valence-electron chi connectivity index (χ1n) is 6.78. The van der Waals surface area contributed by atoms with Crippen LogP contribution in [0.15, 0.2) is 48.5 Å². The normalized spacial score (nSPS) is 11.2. The molecule has 0 radical (unpaired) electrons. The lowest BCUT2D eigenvalue weighted by Gasteiger charge is -2.14. The predicted octanol–water partition coefficient (Wildman–Crippen LogP) is 2.88. The number of nitrogens with zero attached hydrogens (tertiary/aromatic N) is 1. The van der Waals surface area contributed by atoms with Gasteiger partial charge in [-0.1, -0.05) is 18.2 Å². The van der Waals surface area contributed by atoms with Crippen molar-refractivity contribution < 1.29 is 18.7 Å². The van der Waals surface area contributed by atoms with Gasteiger partial charge in [-0.3, -0.25) is 4.79 Å². The van der Waals surface area contributed by atoms with Gasteiger partial charge < -0.3 is 10.1 Å². The highest BCUT2D eigenvalue weighted by Gasteiger charge is 2.21. The van der Waals surface area contributed by atoms with Crippen molar-refractivity contribution in [2.75, 3.05) is 5.32 Å². The molecule has 2 aromatic carbocycles. The third kappa shape index (κ3) is 4.14. The van der Waals surface area contributed by atoms with Crippen molar-refractivity contribution in [2.24, 2.45) is 0 Å². The number of carbonyl (C=O) groups is 2. The number of esters is 1. The molecule has 5 nitrogen and oxygen atoms in total. The number of amides is 1. The Morgan fingerprint density at radius 1 is 1.22 bits per heavy atom. The van der Waals surface area contributed by atoms with Gasteiger partial charge in [-0.05, 0) is 37.3 Å². The van der Waals surface area contributed by atoms with Crippen molar-refractivity contribution in [1.29, 1.82) is 5.26 Å². The van der Waals surface area contributed by atoms with Gasteiger partial charge in [0.25, 0.3) is 5.91 Å². The van der Waals surface area contributed by atoms with Gasteiger partial charge in [0.15, 0.2) is 6.10 Å². The Morgan fingerprint density at radius 2 is 1.96 bits per heavy atom. The number of hydrogen-bond acceptors (Lipinski definition) is 4. The quantitative estimate of drug-likeness (QED) is 0.880. The van der Waals surface area contributed by atoms with E-state index in [9.17, 15) is 14.0 Å². The summed E-state index contributed by atoms with van der Waals surface area (Å²) in [5, 5.41) is 11.3. The average molecular weight is 312 g/mol. The summed E-state index contributed by atoms with van der Waals surface area (Å²) < 4.78 is 18.4. The van der Waals surface area contributed by atoms with E-state index in [-0.39, 0.29) is 5.56 Å². The standard InChI is InChI=1S/C17H13FN2O3/c1-11(23-17(22)14-7-2-3-8-15(14)18)16(21)20-13-6-4-5-12(9-13)10-19/h2-9,11H,1H3,(H,20,21)/t11-/m1/s1. The van der Waals surface area contributed by atoms with Gasteiger partial charge in [0, 0.05) is 5.69 Å². The van der Waals surface area contributed by atoms with Crippen LogP contribution in [0.1, 0.15) is 22.8 Å². The van der Waals surface area contributed by atoms with Crippen LogP contribution in [0.25, 0.3) is 0 Å². The predicted molar refractivity (Wildman–Crippen MR) is 81.1 cm³/mol. The van der Waals surface area contributed by atoms with Crippen molar-refractivity contribution in [3.8, 4) is 6.07 Å². The Hall–Kier alpha value is -3.20. The molecule has 0 saturated carbocycles. The monoisotopic (exact) mass is 312 g/mol. The van der Waals surface area contributed by atoms with Crippen LogP contribution in [-0.4, -0.2) is 18.0 Å². The molecule has 23 heavy (non-hydrogen) atoms. The van der Waals surface area contributed by atoms with Crippen LogP contribution in [0.2, 0.25) is 0 Å². The van der Waals surface area contributed by atoms with E-state index in [4.69, 9.17) is 10.00 Å². The summed E-state index contributed by atoms with van der Waals surface area (Å²) in [5.74, 6) is -2.21. The number of ether oxygens (including phenoxy) is 1. The zero-order valence-electron chi connectivity index (χ0n) is 12.2. The second kappa shape index (κ2) is 7.18. The van der Waals surface area contributed by atoms with Gasteiger partial charge in [0.05, 0.1) is 17.2 Å². The summed E-state index contributed by atoms with van der Waals surface area (Å²) in [6, 6.07) is 13.6. The Bertz CT molecular complexity index is 783. The summed E-state index contributed by atoms with van der Waals surface area (Å²) in [4.78, 5) is 23.8. The van der Waals surface area contributed by atoms with E-state index < -0.39 is 23.8 Å². The number of hydrogen-bond donors (Lipinski definition) is 1. The summed E-state index contributed by atoms with van der Waals surface area (Å²) in [6.07, 6.45) is -1.12. The van der Waals surface area contributed by atoms with Crippen molar-refractivity contribution in [1.82, 2.24) is 0 Å². The summed E-state index contributed by atoms with van der Waals surface area (Å²) >= 11 is 0. The SMILES string of the molecule is C[C@@H](OC(=O)c1ccccc1F)C(=O)Nc1cccc(C#N)c1. The van der Waals surface area contributed by atoms with Crippen LogP contribution in [0.5, 0.6) is 0 Å². The van der Waals surface area contributed by atoms with Crippen LogP contribution in [0, 0.1) is 17.1 Å². The molecule has 0 aliphatic rings. The highest BCUT2D eigenvalue weighted by molar-refractivity contribution is 5.97.